The Balaban J connectivity index is 1.98. The fourth-order valence-corrected chi connectivity index (χ4v) is 3.54. The third kappa shape index (κ3) is 4.60. The molecule has 0 radical (unpaired) electrons. The average Bonchev–Trinajstić information content (AvgIpc) is 2.83. The lowest BCUT2D eigenvalue weighted by molar-refractivity contribution is -0.127. The van der Waals surface area contributed by atoms with E-state index in [1.807, 2.05) is 13.8 Å². The highest BCUT2D eigenvalue weighted by atomic mass is 16.5. The molecule has 1 heterocycles. The lowest BCUT2D eigenvalue weighted by Crippen LogP contribution is -2.43. The fourth-order valence-electron chi connectivity index (χ4n) is 3.54. The second kappa shape index (κ2) is 8.88. The van der Waals surface area contributed by atoms with Crippen LogP contribution in [0.2, 0.25) is 0 Å². The van der Waals surface area contributed by atoms with Crippen molar-refractivity contribution >= 4 is 23.2 Å². The minimum atomic E-state index is -0.651. The highest BCUT2D eigenvalue weighted by molar-refractivity contribution is 6.09. The van der Waals surface area contributed by atoms with E-state index < -0.39 is 5.41 Å². The Bertz CT molecular complexity index is 962. The van der Waals surface area contributed by atoms with Crippen molar-refractivity contribution in [2.75, 3.05) is 37.6 Å². The summed E-state index contributed by atoms with van der Waals surface area (Å²) in [7, 11) is 3.00. The molecule has 0 aliphatic carbocycles. The maximum atomic E-state index is 13.2. The molecule has 0 saturated carbocycles. The first kappa shape index (κ1) is 22.5. The first-order chi connectivity index (χ1) is 14.7. The van der Waals surface area contributed by atoms with Gasteiger partial charge in [-0.25, -0.2) is 0 Å². The molecule has 7 heteroatoms. The van der Waals surface area contributed by atoms with Crippen molar-refractivity contribution in [3.05, 3.63) is 42.0 Å². The number of hydrogen-bond acceptors (Lipinski definition) is 5. The van der Waals surface area contributed by atoms with E-state index in [1.165, 1.54) is 14.2 Å². The Labute approximate surface area is 183 Å². The summed E-state index contributed by atoms with van der Waals surface area (Å²) in [5.74, 6) is 1.33. The van der Waals surface area contributed by atoms with Crippen LogP contribution in [0.4, 0.5) is 11.4 Å². The van der Waals surface area contributed by atoms with Gasteiger partial charge in [0.2, 0.25) is 5.91 Å². The van der Waals surface area contributed by atoms with E-state index in [-0.39, 0.29) is 24.3 Å². The first-order valence-electron chi connectivity index (χ1n) is 10.3. The standard InChI is InChI=1S/C24H30N2O5/c1-15(2)13-26-17-12-16(10-11-18(17)31-14-24(3,4)23(26)28)25-22(27)21-19(29-5)8-7-9-20(21)30-6/h7-12,15H,13-14H2,1-6H3,(H,25,27). The first-order valence-corrected chi connectivity index (χ1v) is 10.3. The molecule has 1 aliphatic rings. The van der Waals surface area contributed by atoms with Gasteiger partial charge in [-0.15, -0.1) is 0 Å². The number of carbonyl (C=O) groups excluding carboxylic acids is 2. The highest BCUT2D eigenvalue weighted by Gasteiger charge is 2.38. The van der Waals surface area contributed by atoms with Crippen LogP contribution in [-0.2, 0) is 4.79 Å². The lowest BCUT2D eigenvalue weighted by atomic mass is 9.92. The molecule has 0 atom stereocenters. The van der Waals surface area contributed by atoms with Gasteiger partial charge in [0, 0.05) is 12.2 Å². The summed E-state index contributed by atoms with van der Waals surface area (Å²) in [6, 6.07) is 10.5. The van der Waals surface area contributed by atoms with Crippen LogP contribution in [0.5, 0.6) is 17.2 Å². The fraction of sp³-hybridized carbons (Fsp3) is 0.417. The van der Waals surface area contributed by atoms with Gasteiger partial charge in [0.1, 0.15) is 29.4 Å². The zero-order valence-electron chi connectivity index (χ0n) is 18.9. The van der Waals surface area contributed by atoms with E-state index in [0.29, 0.717) is 40.7 Å². The smallest absolute Gasteiger partial charge is 0.263 e. The molecule has 1 aliphatic heterocycles. The number of ether oxygens (including phenoxy) is 3. The van der Waals surface area contributed by atoms with Gasteiger partial charge < -0.3 is 24.4 Å². The van der Waals surface area contributed by atoms with E-state index in [2.05, 4.69) is 19.2 Å². The van der Waals surface area contributed by atoms with Crippen LogP contribution in [0.15, 0.2) is 36.4 Å². The average molecular weight is 427 g/mol. The highest BCUT2D eigenvalue weighted by Crippen LogP contribution is 2.39. The molecule has 0 unspecified atom stereocenters. The molecule has 2 amide bonds. The molecule has 2 aromatic carbocycles. The Morgan fingerprint density at radius 3 is 2.39 bits per heavy atom. The maximum absolute atomic E-state index is 13.2. The van der Waals surface area contributed by atoms with E-state index in [9.17, 15) is 9.59 Å². The SMILES string of the molecule is COc1cccc(OC)c1C(=O)Nc1ccc2c(c1)N(CC(C)C)C(=O)C(C)(C)CO2. The number of fused-ring (bicyclic) bond motifs is 1. The predicted molar refractivity (Wildman–Crippen MR) is 120 cm³/mol. The minimum absolute atomic E-state index is 0.00479. The van der Waals surface area contributed by atoms with Gasteiger partial charge in [0.25, 0.3) is 5.91 Å². The predicted octanol–water partition coefficient (Wildman–Crippen LogP) is 4.36. The molecule has 166 valence electrons. The van der Waals surface area contributed by atoms with Crippen molar-refractivity contribution in [2.24, 2.45) is 11.3 Å². The van der Waals surface area contributed by atoms with E-state index in [0.717, 1.165) is 0 Å². The largest absolute Gasteiger partial charge is 0.496 e. The van der Waals surface area contributed by atoms with Crippen LogP contribution in [-0.4, -0.2) is 39.2 Å². The topological polar surface area (TPSA) is 77.1 Å². The molecule has 7 nitrogen and oxygen atoms in total. The number of methoxy groups -OCH3 is 2. The Morgan fingerprint density at radius 1 is 1.16 bits per heavy atom. The van der Waals surface area contributed by atoms with Crippen molar-refractivity contribution < 1.29 is 23.8 Å². The van der Waals surface area contributed by atoms with Crippen molar-refractivity contribution in [1.29, 1.82) is 0 Å². The van der Waals surface area contributed by atoms with Gasteiger partial charge in [-0.3, -0.25) is 9.59 Å². The maximum Gasteiger partial charge on any atom is 0.263 e. The Kier molecular flexibility index (Phi) is 6.43. The summed E-state index contributed by atoms with van der Waals surface area (Å²) in [6.45, 7) is 8.72. The lowest BCUT2D eigenvalue weighted by Gasteiger charge is -2.29. The summed E-state index contributed by atoms with van der Waals surface area (Å²) in [6.07, 6.45) is 0. The molecule has 0 spiro atoms. The molecular weight excluding hydrogens is 396 g/mol. The van der Waals surface area contributed by atoms with Gasteiger partial charge in [0.15, 0.2) is 0 Å². The summed E-state index contributed by atoms with van der Waals surface area (Å²) in [5, 5.41) is 2.90. The van der Waals surface area contributed by atoms with Crippen molar-refractivity contribution in [3.8, 4) is 17.2 Å². The molecule has 1 N–H and O–H groups in total. The monoisotopic (exact) mass is 426 g/mol. The number of nitrogens with one attached hydrogen (secondary N) is 1. The van der Waals surface area contributed by atoms with Crippen molar-refractivity contribution in [2.45, 2.75) is 27.7 Å². The zero-order chi connectivity index (χ0) is 22.8. The number of rotatable bonds is 6. The quantitative estimate of drug-likeness (QED) is 0.743. The van der Waals surface area contributed by atoms with Crippen LogP contribution >= 0.6 is 0 Å². The van der Waals surface area contributed by atoms with Crippen LogP contribution in [0.3, 0.4) is 0 Å². The second-order valence-corrected chi connectivity index (χ2v) is 8.66. The van der Waals surface area contributed by atoms with Gasteiger partial charge in [-0.05, 0) is 50.1 Å². The number of hydrogen-bond donors (Lipinski definition) is 1. The molecule has 0 fully saturated rings. The number of benzene rings is 2. The molecular formula is C24H30N2O5. The van der Waals surface area contributed by atoms with Crippen LogP contribution in [0.1, 0.15) is 38.1 Å². The van der Waals surface area contributed by atoms with E-state index in [1.54, 1.807) is 41.3 Å². The summed E-state index contributed by atoms with van der Waals surface area (Å²) < 4.78 is 16.6. The number of nitrogens with zero attached hydrogens (tertiary/aromatic N) is 1. The number of amides is 2. The second-order valence-electron chi connectivity index (χ2n) is 8.66. The minimum Gasteiger partial charge on any atom is -0.496 e. The molecule has 0 bridgehead atoms. The molecule has 2 aromatic rings. The zero-order valence-corrected chi connectivity index (χ0v) is 18.9. The molecule has 3 rings (SSSR count). The summed E-state index contributed by atoms with van der Waals surface area (Å²) in [4.78, 5) is 28.0. The van der Waals surface area contributed by atoms with E-state index >= 15 is 0 Å². The van der Waals surface area contributed by atoms with Gasteiger partial charge in [-0.2, -0.15) is 0 Å². The number of anilines is 2. The number of carbonyl (C=O) groups is 2. The van der Waals surface area contributed by atoms with E-state index in [4.69, 9.17) is 14.2 Å². The van der Waals surface area contributed by atoms with Gasteiger partial charge in [-0.1, -0.05) is 19.9 Å². The van der Waals surface area contributed by atoms with Crippen LogP contribution < -0.4 is 24.4 Å². The van der Waals surface area contributed by atoms with Crippen LogP contribution in [0.25, 0.3) is 0 Å². The Morgan fingerprint density at radius 2 is 1.81 bits per heavy atom. The normalized spacial score (nSPS) is 15.1. The molecule has 31 heavy (non-hydrogen) atoms. The summed E-state index contributed by atoms with van der Waals surface area (Å²) >= 11 is 0. The molecule has 0 saturated heterocycles. The Hall–Kier alpha value is -3.22. The van der Waals surface area contributed by atoms with Gasteiger partial charge >= 0.3 is 0 Å². The van der Waals surface area contributed by atoms with Crippen LogP contribution in [0, 0.1) is 11.3 Å². The summed E-state index contributed by atoms with van der Waals surface area (Å²) in [5.41, 5.74) is 0.841. The molecule has 0 aromatic heterocycles. The third-order valence-electron chi connectivity index (χ3n) is 5.12. The van der Waals surface area contributed by atoms with Crippen molar-refractivity contribution in [1.82, 2.24) is 0 Å². The third-order valence-corrected chi connectivity index (χ3v) is 5.12. The van der Waals surface area contributed by atoms with Gasteiger partial charge in [0.05, 0.1) is 25.3 Å². The van der Waals surface area contributed by atoms with Crippen molar-refractivity contribution in [3.63, 3.8) is 0 Å².